The molecule has 0 aliphatic heterocycles. The number of nitrogens with zero attached hydrogens (tertiary/aromatic N) is 5. The molecule has 1 aromatic carbocycles. The van der Waals surface area contributed by atoms with Gasteiger partial charge in [0.05, 0.1) is 9.82 Å². The first-order valence-electron chi connectivity index (χ1n) is 7.74. The molecule has 0 radical (unpaired) electrons. The van der Waals surface area contributed by atoms with Gasteiger partial charge < -0.3 is 4.57 Å². The lowest BCUT2D eigenvalue weighted by Gasteiger charge is -2.05. The highest BCUT2D eigenvalue weighted by Gasteiger charge is 2.18. The molecule has 0 saturated carbocycles. The van der Waals surface area contributed by atoms with Crippen molar-refractivity contribution in [2.24, 2.45) is 7.05 Å². The summed E-state index contributed by atoms with van der Waals surface area (Å²) in [4.78, 5) is 31.6. The number of hydrogen-bond donors (Lipinski definition) is 1. The maximum atomic E-state index is 12.2. The zero-order valence-corrected chi connectivity index (χ0v) is 16.0. The number of anilines is 1. The first-order valence-corrected chi connectivity index (χ1v) is 9.44. The number of benzene rings is 1. The molecule has 0 aliphatic carbocycles. The number of aryl methyl sites for hydroxylation is 1. The van der Waals surface area contributed by atoms with E-state index in [1.165, 1.54) is 29.7 Å². The van der Waals surface area contributed by atoms with Crippen LogP contribution in [0.1, 0.15) is 5.56 Å². The summed E-state index contributed by atoms with van der Waals surface area (Å²) in [6, 6.07) is 6.30. The Hall–Kier alpha value is -3.49. The Kier molecular flexibility index (Phi) is 5.83. The Bertz CT molecular complexity index is 1100. The van der Waals surface area contributed by atoms with Crippen LogP contribution in [0.5, 0.6) is 0 Å². The molecule has 28 heavy (non-hydrogen) atoms. The van der Waals surface area contributed by atoms with Crippen LogP contribution in [-0.4, -0.2) is 25.4 Å². The minimum atomic E-state index is -0.633. The molecule has 140 valence electrons. The van der Waals surface area contributed by atoms with Crippen molar-refractivity contribution in [2.45, 2.75) is 10.1 Å². The molecule has 0 atom stereocenters. The van der Waals surface area contributed by atoms with Gasteiger partial charge in [0.25, 0.3) is 11.6 Å². The fourth-order valence-corrected chi connectivity index (χ4v) is 3.58. The first kappa shape index (κ1) is 19.3. The lowest BCUT2D eigenvalue weighted by molar-refractivity contribution is -0.387. The second kappa shape index (κ2) is 8.47. The molecular formula is C17H12N6O3S2. The number of amides is 1. The number of thiazole rings is 1. The number of imidazole rings is 1. The maximum absolute atomic E-state index is 12.2. The Morgan fingerprint density at radius 2 is 2.25 bits per heavy atom. The molecule has 11 heteroatoms. The maximum Gasteiger partial charge on any atom is 0.283 e. The predicted molar refractivity (Wildman–Crippen MR) is 105 cm³/mol. The molecule has 3 rings (SSSR count). The van der Waals surface area contributed by atoms with Crippen LogP contribution in [0, 0.1) is 21.4 Å². The molecule has 9 nitrogen and oxygen atoms in total. The lowest BCUT2D eigenvalue weighted by atomic mass is 10.1. The number of nitro groups is 1. The summed E-state index contributed by atoms with van der Waals surface area (Å²) in [5.74, 6) is -0.633. The van der Waals surface area contributed by atoms with E-state index in [9.17, 15) is 20.2 Å². The summed E-state index contributed by atoms with van der Waals surface area (Å²) < 4.78 is 1.75. The number of hydrogen-bond acceptors (Lipinski definition) is 8. The van der Waals surface area contributed by atoms with Crippen LogP contribution in [0.25, 0.3) is 6.08 Å². The molecule has 0 spiro atoms. The van der Waals surface area contributed by atoms with Crippen molar-refractivity contribution in [2.75, 3.05) is 5.32 Å². The average Bonchev–Trinajstić information content (AvgIpc) is 3.32. The molecule has 2 aromatic heterocycles. The summed E-state index contributed by atoms with van der Waals surface area (Å²) in [7, 11) is 1.79. The van der Waals surface area contributed by atoms with Crippen LogP contribution in [0.2, 0.25) is 0 Å². The molecule has 0 saturated heterocycles. The summed E-state index contributed by atoms with van der Waals surface area (Å²) in [5.41, 5.74) is 0.0371. The van der Waals surface area contributed by atoms with Crippen LogP contribution in [0.3, 0.4) is 0 Å². The zero-order valence-electron chi connectivity index (χ0n) is 14.4. The normalized spacial score (nSPS) is 11.1. The van der Waals surface area contributed by atoms with Gasteiger partial charge in [0.2, 0.25) is 0 Å². The van der Waals surface area contributed by atoms with Crippen LogP contribution in [-0.2, 0) is 11.8 Å². The highest BCUT2D eigenvalue weighted by Crippen LogP contribution is 2.34. The van der Waals surface area contributed by atoms with Crippen molar-refractivity contribution in [1.82, 2.24) is 14.5 Å². The van der Waals surface area contributed by atoms with Crippen LogP contribution in [0.4, 0.5) is 10.8 Å². The average molecular weight is 412 g/mol. The third-order valence-electron chi connectivity index (χ3n) is 3.49. The number of rotatable bonds is 6. The lowest BCUT2D eigenvalue weighted by Crippen LogP contribution is -2.13. The van der Waals surface area contributed by atoms with Crippen LogP contribution >= 0.6 is 23.1 Å². The molecular weight excluding hydrogens is 400 g/mol. The fraction of sp³-hybridized carbons (Fsp3) is 0.0588. The highest BCUT2D eigenvalue weighted by molar-refractivity contribution is 7.99. The van der Waals surface area contributed by atoms with Gasteiger partial charge in [0.1, 0.15) is 11.6 Å². The summed E-state index contributed by atoms with van der Waals surface area (Å²) in [6.07, 6.45) is 6.17. The van der Waals surface area contributed by atoms with Gasteiger partial charge in [-0.05, 0) is 29.5 Å². The molecule has 0 fully saturated rings. The minimum Gasteiger partial charge on any atom is -0.329 e. The third kappa shape index (κ3) is 4.43. The number of nitrogens with one attached hydrogen (secondary N) is 1. The summed E-state index contributed by atoms with van der Waals surface area (Å²) >= 11 is 2.37. The predicted octanol–water partition coefficient (Wildman–Crippen LogP) is 3.48. The molecule has 0 aliphatic rings. The SMILES string of the molecule is Cn1ccnc1Sc1ccc(/C=C(/C#N)C(=O)Nc2nccs2)cc1[N+](=O)[O-]. The monoisotopic (exact) mass is 412 g/mol. The molecule has 1 amide bonds. The number of aromatic nitrogens is 3. The van der Waals surface area contributed by atoms with Crippen molar-refractivity contribution in [3.63, 3.8) is 0 Å². The van der Waals surface area contributed by atoms with Gasteiger partial charge in [-0.3, -0.25) is 20.2 Å². The molecule has 3 aromatic rings. The van der Waals surface area contributed by atoms with Crippen LogP contribution < -0.4 is 5.32 Å². The van der Waals surface area contributed by atoms with Gasteiger partial charge in [-0.25, -0.2) is 9.97 Å². The molecule has 1 N–H and O–H groups in total. The summed E-state index contributed by atoms with van der Waals surface area (Å²) in [6.45, 7) is 0. The van der Waals surface area contributed by atoms with E-state index in [0.717, 1.165) is 11.8 Å². The second-order valence-electron chi connectivity index (χ2n) is 5.37. The van der Waals surface area contributed by atoms with E-state index in [4.69, 9.17) is 0 Å². The number of nitriles is 1. The third-order valence-corrected chi connectivity index (χ3v) is 5.32. The largest absolute Gasteiger partial charge is 0.329 e. The standard InChI is InChI=1S/C17H12N6O3S2/c1-22-6-4-20-17(22)28-14-3-2-11(9-13(14)23(25)26)8-12(10-18)15(24)21-16-19-5-7-27-16/h2-9H,1H3,(H,19,21,24)/b12-8-. The number of carbonyl (C=O) groups is 1. The van der Waals surface area contributed by atoms with Gasteiger partial charge in [-0.1, -0.05) is 6.07 Å². The van der Waals surface area contributed by atoms with Crippen LogP contribution in [0.15, 0.2) is 57.8 Å². The van der Waals surface area contributed by atoms with E-state index < -0.39 is 10.8 Å². The number of nitro benzene ring substituents is 1. The van der Waals surface area contributed by atoms with E-state index >= 15 is 0 Å². The minimum absolute atomic E-state index is 0.139. The van der Waals surface area contributed by atoms with Crippen molar-refractivity contribution >= 4 is 45.9 Å². The van der Waals surface area contributed by atoms with E-state index in [1.54, 1.807) is 41.5 Å². The topological polar surface area (TPSA) is 127 Å². The molecule has 0 unspecified atom stereocenters. The number of carbonyl (C=O) groups excluding carboxylic acids is 1. The van der Waals surface area contributed by atoms with E-state index in [-0.39, 0.29) is 11.3 Å². The Labute approximate surface area is 167 Å². The van der Waals surface area contributed by atoms with Gasteiger partial charge in [-0.2, -0.15) is 5.26 Å². The van der Waals surface area contributed by atoms with Crippen molar-refractivity contribution in [3.8, 4) is 6.07 Å². The van der Waals surface area contributed by atoms with Gasteiger partial charge in [0.15, 0.2) is 10.3 Å². The van der Waals surface area contributed by atoms with Crippen molar-refractivity contribution < 1.29 is 9.72 Å². The quantitative estimate of drug-likeness (QED) is 0.284. The summed E-state index contributed by atoms with van der Waals surface area (Å²) in [5, 5.41) is 25.9. The molecule has 0 bridgehead atoms. The van der Waals surface area contributed by atoms with Gasteiger partial charge >= 0.3 is 0 Å². The first-order chi connectivity index (χ1) is 13.5. The van der Waals surface area contributed by atoms with E-state index in [1.807, 2.05) is 6.07 Å². The Balaban J connectivity index is 1.89. The van der Waals surface area contributed by atoms with E-state index in [0.29, 0.717) is 20.7 Å². The Morgan fingerprint density at radius 3 is 2.86 bits per heavy atom. The second-order valence-corrected chi connectivity index (χ2v) is 7.27. The zero-order chi connectivity index (χ0) is 20.1. The van der Waals surface area contributed by atoms with E-state index in [2.05, 4.69) is 15.3 Å². The molecule has 2 heterocycles. The van der Waals surface area contributed by atoms with Crippen molar-refractivity contribution in [1.29, 1.82) is 5.26 Å². The smallest absolute Gasteiger partial charge is 0.283 e. The fourth-order valence-electron chi connectivity index (χ4n) is 2.17. The van der Waals surface area contributed by atoms with Gasteiger partial charge in [0, 0.05) is 37.1 Å². The Morgan fingerprint density at radius 1 is 1.43 bits per heavy atom. The highest BCUT2D eigenvalue weighted by atomic mass is 32.2. The van der Waals surface area contributed by atoms with Gasteiger partial charge in [-0.15, -0.1) is 11.3 Å². The van der Waals surface area contributed by atoms with Crippen molar-refractivity contribution in [3.05, 3.63) is 63.4 Å².